The second-order valence-electron chi connectivity index (χ2n) is 10.9. The quantitative estimate of drug-likeness (QED) is 0.143. The van der Waals surface area contributed by atoms with Crippen LogP contribution in [0.15, 0.2) is 151 Å². The molecule has 0 amide bonds. The van der Waals surface area contributed by atoms with Gasteiger partial charge in [-0.3, -0.25) is 9.98 Å². The predicted molar refractivity (Wildman–Crippen MR) is 182 cm³/mol. The maximum atomic E-state index is 5.12. The zero-order chi connectivity index (χ0) is 29.2. The lowest BCUT2D eigenvalue weighted by Gasteiger charge is -2.16. The van der Waals surface area contributed by atoms with Gasteiger partial charge in [-0.05, 0) is 116 Å². The molecule has 0 radical (unpaired) electrons. The second kappa shape index (κ2) is 11.4. The number of aliphatic imine (C=N–C) groups is 1. The van der Waals surface area contributed by atoms with Gasteiger partial charge in [-0.2, -0.15) is 0 Å². The molecular weight excluding hydrogens is 520 g/mol. The highest BCUT2D eigenvalue weighted by Gasteiger charge is 2.16. The highest BCUT2D eigenvalue weighted by atomic mass is 14.7. The molecule has 2 heteroatoms. The first-order chi connectivity index (χ1) is 21.2. The Morgan fingerprint density at radius 3 is 2.14 bits per heavy atom. The molecule has 1 heterocycles. The molecule has 0 atom stereocenters. The van der Waals surface area contributed by atoms with Crippen molar-refractivity contribution in [3.8, 4) is 33.4 Å². The summed E-state index contributed by atoms with van der Waals surface area (Å²) in [5.74, 6) is 0. The van der Waals surface area contributed by atoms with E-state index in [1.54, 1.807) is 0 Å². The fraction of sp³-hybridized carbons (Fsp3) is 0.0488. The van der Waals surface area contributed by atoms with Gasteiger partial charge in [0.2, 0.25) is 0 Å². The van der Waals surface area contributed by atoms with Gasteiger partial charge in [-0.1, -0.05) is 91.5 Å². The molecular formula is C41H30N2. The summed E-state index contributed by atoms with van der Waals surface area (Å²) in [7, 11) is 0. The molecule has 0 bridgehead atoms. The van der Waals surface area contributed by atoms with Crippen LogP contribution in [0, 0.1) is 0 Å². The molecule has 0 aliphatic heterocycles. The number of hydrogen-bond donors (Lipinski definition) is 0. The summed E-state index contributed by atoms with van der Waals surface area (Å²) in [5, 5.41) is 2.47. The molecule has 204 valence electrons. The summed E-state index contributed by atoms with van der Waals surface area (Å²) in [6.07, 6.45) is 7.92. The Bertz CT molecular complexity index is 2090. The van der Waals surface area contributed by atoms with Crippen LogP contribution >= 0.6 is 0 Å². The van der Waals surface area contributed by atoms with Gasteiger partial charge in [-0.25, -0.2) is 0 Å². The summed E-state index contributed by atoms with van der Waals surface area (Å²) < 4.78 is 0. The molecule has 1 aromatic heterocycles. The number of aromatic nitrogens is 1. The normalized spacial score (nSPS) is 12.1. The first-order valence-corrected chi connectivity index (χ1v) is 14.5. The molecule has 0 spiro atoms. The first kappa shape index (κ1) is 26.3. The minimum atomic E-state index is 0.539. The van der Waals surface area contributed by atoms with E-state index in [2.05, 4.69) is 120 Å². The van der Waals surface area contributed by atoms with Crippen LogP contribution in [0.25, 0.3) is 56.3 Å². The standard InChI is InChI=1S/C41H30N2/c1-28(2)41(30-12-4-3-5-13-30)43-26-29-22-33(37-17-7-6-16-36(37)32-15-11-21-42-27-32)24-34(23-29)40-25-31-14-10-20-35(31)38-18-8-9-19-39(38)40/h3-9,11-25,27H,1,26H2,2H3. The maximum Gasteiger partial charge on any atom is 0.0673 e. The second-order valence-corrected chi connectivity index (χ2v) is 10.9. The zero-order valence-corrected chi connectivity index (χ0v) is 24.1. The Hall–Kier alpha value is -5.56. The number of allylic oxidation sites excluding steroid dienone is 1. The molecule has 0 saturated heterocycles. The Morgan fingerprint density at radius 1 is 0.698 bits per heavy atom. The molecule has 6 aromatic rings. The third-order valence-electron chi connectivity index (χ3n) is 7.97. The minimum absolute atomic E-state index is 0.539. The summed E-state index contributed by atoms with van der Waals surface area (Å²) >= 11 is 0. The van der Waals surface area contributed by atoms with Crippen molar-refractivity contribution < 1.29 is 0 Å². The van der Waals surface area contributed by atoms with Crippen LogP contribution in [0.1, 0.15) is 29.2 Å². The average molecular weight is 551 g/mol. The highest BCUT2D eigenvalue weighted by Crippen LogP contribution is 2.39. The Kier molecular flexibility index (Phi) is 6.97. The number of fused-ring (bicyclic) bond motifs is 3. The third-order valence-corrected chi connectivity index (χ3v) is 7.97. The Labute approximate surface area is 252 Å². The van der Waals surface area contributed by atoms with E-state index in [-0.39, 0.29) is 0 Å². The molecule has 5 aromatic carbocycles. The largest absolute Gasteiger partial charge is 0.280 e. The minimum Gasteiger partial charge on any atom is -0.280 e. The van der Waals surface area contributed by atoms with Crippen LogP contribution in [0.4, 0.5) is 0 Å². The van der Waals surface area contributed by atoms with Crippen molar-refractivity contribution in [1.29, 1.82) is 0 Å². The Balaban J connectivity index is 1.43. The van der Waals surface area contributed by atoms with Crippen LogP contribution in [0.5, 0.6) is 0 Å². The van der Waals surface area contributed by atoms with Crippen molar-refractivity contribution in [2.45, 2.75) is 13.5 Å². The number of rotatable bonds is 7. The van der Waals surface area contributed by atoms with Crippen LogP contribution in [-0.4, -0.2) is 10.7 Å². The van der Waals surface area contributed by atoms with Crippen molar-refractivity contribution in [3.05, 3.63) is 168 Å². The topological polar surface area (TPSA) is 25.2 Å². The summed E-state index contributed by atoms with van der Waals surface area (Å²) in [6.45, 7) is 6.80. The van der Waals surface area contributed by atoms with E-state index in [0.717, 1.165) is 44.7 Å². The first-order valence-electron chi connectivity index (χ1n) is 14.5. The van der Waals surface area contributed by atoms with E-state index >= 15 is 0 Å². The molecule has 2 nitrogen and oxygen atoms in total. The molecule has 1 aliphatic carbocycles. The van der Waals surface area contributed by atoms with Gasteiger partial charge in [0, 0.05) is 18.0 Å². The maximum absolute atomic E-state index is 5.12. The van der Waals surface area contributed by atoms with Crippen molar-refractivity contribution in [3.63, 3.8) is 0 Å². The summed E-state index contributed by atoms with van der Waals surface area (Å²) in [5.41, 5.74) is 16.8. The smallest absolute Gasteiger partial charge is 0.0673 e. The average Bonchev–Trinajstić information content (AvgIpc) is 3.54. The van der Waals surface area contributed by atoms with E-state index in [1.807, 2.05) is 43.6 Å². The number of benzene rings is 5. The fourth-order valence-corrected chi connectivity index (χ4v) is 6.00. The highest BCUT2D eigenvalue weighted by molar-refractivity contribution is 6.12. The monoisotopic (exact) mass is 550 g/mol. The molecule has 0 unspecified atom stereocenters. The molecule has 0 N–H and O–H groups in total. The van der Waals surface area contributed by atoms with E-state index in [4.69, 9.17) is 4.99 Å². The number of hydrogen-bond acceptors (Lipinski definition) is 2. The SMILES string of the molecule is C=C(C)C(=NCc1cc(-c2ccccc2-c2cccnc2)cc(-c2cc3c(c4ccccc24)C=C=C3)c1)c1ccccc1. The Morgan fingerprint density at radius 2 is 1.40 bits per heavy atom. The summed E-state index contributed by atoms with van der Waals surface area (Å²) in [4.78, 5) is 9.52. The van der Waals surface area contributed by atoms with Crippen LogP contribution in [-0.2, 0) is 6.54 Å². The van der Waals surface area contributed by atoms with Crippen molar-refractivity contribution >= 4 is 28.6 Å². The molecule has 0 fully saturated rings. The van der Waals surface area contributed by atoms with Gasteiger partial charge in [0.05, 0.1) is 12.3 Å². The van der Waals surface area contributed by atoms with Crippen LogP contribution in [0.2, 0.25) is 0 Å². The van der Waals surface area contributed by atoms with Gasteiger partial charge in [-0.15, -0.1) is 5.73 Å². The predicted octanol–water partition coefficient (Wildman–Crippen LogP) is 10.4. The number of nitrogens with zero attached hydrogens (tertiary/aromatic N) is 2. The number of pyridine rings is 1. The molecule has 0 saturated carbocycles. The van der Waals surface area contributed by atoms with Gasteiger partial charge in [0.25, 0.3) is 0 Å². The van der Waals surface area contributed by atoms with Gasteiger partial charge in [0.1, 0.15) is 0 Å². The zero-order valence-electron chi connectivity index (χ0n) is 24.1. The van der Waals surface area contributed by atoms with Crippen LogP contribution < -0.4 is 0 Å². The van der Waals surface area contributed by atoms with Gasteiger partial charge >= 0.3 is 0 Å². The molecule has 1 aliphatic rings. The summed E-state index contributed by atoms with van der Waals surface area (Å²) in [6, 6.07) is 40.8. The van der Waals surface area contributed by atoms with E-state index < -0.39 is 0 Å². The van der Waals surface area contributed by atoms with Crippen molar-refractivity contribution in [2.24, 2.45) is 4.99 Å². The molecule has 43 heavy (non-hydrogen) atoms. The lowest BCUT2D eigenvalue weighted by atomic mass is 9.88. The van der Waals surface area contributed by atoms with Crippen LogP contribution in [0.3, 0.4) is 0 Å². The third kappa shape index (κ3) is 5.17. The van der Waals surface area contributed by atoms with Crippen molar-refractivity contribution in [1.82, 2.24) is 4.98 Å². The van der Waals surface area contributed by atoms with E-state index in [1.165, 1.54) is 33.0 Å². The van der Waals surface area contributed by atoms with Gasteiger partial charge in [0.15, 0.2) is 0 Å². The van der Waals surface area contributed by atoms with Crippen molar-refractivity contribution in [2.75, 3.05) is 0 Å². The van der Waals surface area contributed by atoms with E-state index in [9.17, 15) is 0 Å². The lowest BCUT2D eigenvalue weighted by Crippen LogP contribution is -2.03. The fourth-order valence-electron chi connectivity index (χ4n) is 6.00. The molecule has 7 rings (SSSR count). The van der Waals surface area contributed by atoms with E-state index in [0.29, 0.717) is 6.54 Å². The van der Waals surface area contributed by atoms with Gasteiger partial charge < -0.3 is 0 Å². The lowest BCUT2D eigenvalue weighted by molar-refractivity contribution is 1.07.